The van der Waals surface area contributed by atoms with Crippen LogP contribution in [0.4, 0.5) is 0 Å². The molecule has 1 fully saturated rings. The molecular weight excluding hydrogens is 546 g/mol. The zero-order valence-corrected chi connectivity index (χ0v) is 29.5. The summed E-state index contributed by atoms with van der Waals surface area (Å²) in [6.45, 7) is 4.72. The van der Waals surface area contributed by atoms with E-state index in [4.69, 9.17) is 0 Å². The SMILES string of the molecule is CCCCCCCCCCCCCCCCC(CCCCCCCCCCCCCCCC)C(=O)N1C[C@H](O)C[C@H]1C(=O)O. The van der Waals surface area contributed by atoms with Gasteiger partial charge in [-0.1, -0.05) is 194 Å². The van der Waals surface area contributed by atoms with E-state index >= 15 is 0 Å². The predicted molar refractivity (Wildman–Crippen MR) is 187 cm³/mol. The van der Waals surface area contributed by atoms with Gasteiger partial charge >= 0.3 is 5.97 Å². The number of aliphatic hydroxyl groups excluding tert-OH is 1. The maximum absolute atomic E-state index is 13.5. The number of carboxylic acids is 1. The van der Waals surface area contributed by atoms with Gasteiger partial charge in [0.25, 0.3) is 0 Å². The van der Waals surface area contributed by atoms with Crippen LogP contribution < -0.4 is 0 Å². The lowest BCUT2D eigenvalue weighted by molar-refractivity contribution is -0.150. The van der Waals surface area contributed by atoms with Crippen molar-refractivity contribution >= 4 is 11.9 Å². The second kappa shape index (κ2) is 29.3. The number of nitrogens with zero attached hydrogens (tertiary/aromatic N) is 1. The Balaban J connectivity index is 2.24. The first-order valence-electron chi connectivity index (χ1n) is 19.7. The maximum Gasteiger partial charge on any atom is 0.326 e. The molecule has 0 unspecified atom stereocenters. The van der Waals surface area contributed by atoms with Crippen molar-refractivity contribution in [1.29, 1.82) is 0 Å². The highest BCUT2D eigenvalue weighted by atomic mass is 16.4. The number of aliphatic hydroxyl groups is 1. The van der Waals surface area contributed by atoms with Crippen molar-refractivity contribution in [2.75, 3.05) is 6.54 Å². The van der Waals surface area contributed by atoms with Crippen LogP contribution in [0.15, 0.2) is 0 Å². The van der Waals surface area contributed by atoms with Gasteiger partial charge in [-0.05, 0) is 12.8 Å². The Morgan fingerprint density at radius 3 is 1.14 bits per heavy atom. The van der Waals surface area contributed by atoms with E-state index in [2.05, 4.69) is 13.8 Å². The van der Waals surface area contributed by atoms with Crippen molar-refractivity contribution in [2.24, 2.45) is 5.92 Å². The summed E-state index contributed by atoms with van der Waals surface area (Å²) in [6, 6.07) is -0.868. The van der Waals surface area contributed by atoms with Gasteiger partial charge in [-0.25, -0.2) is 4.79 Å². The number of rotatable bonds is 32. The molecule has 0 aromatic heterocycles. The molecule has 0 aromatic carbocycles. The van der Waals surface area contributed by atoms with Crippen molar-refractivity contribution in [3.8, 4) is 0 Å². The van der Waals surface area contributed by atoms with Gasteiger partial charge in [-0.2, -0.15) is 0 Å². The molecule has 1 aliphatic heterocycles. The summed E-state index contributed by atoms with van der Waals surface area (Å²) in [6.07, 6.45) is 38.1. The molecule has 5 heteroatoms. The van der Waals surface area contributed by atoms with Crippen LogP contribution in [0.25, 0.3) is 0 Å². The Hall–Kier alpha value is -1.10. The lowest BCUT2D eigenvalue weighted by Gasteiger charge is -2.27. The van der Waals surface area contributed by atoms with Crippen molar-refractivity contribution in [3.63, 3.8) is 0 Å². The van der Waals surface area contributed by atoms with E-state index in [0.29, 0.717) is 0 Å². The summed E-state index contributed by atoms with van der Waals surface area (Å²) in [5.74, 6) is -1.11. The normalized spacial score (nSPS) is 16.8. The number of carboxylic acid groups (broad SMARTS) is 1. The number of amides is 1. The van der Waals surface area contributed by atoms with Gasteiger partial charge < -0.3 is 15.1 Å². The van der Waals surface area contributed by atoms with Gasteiger partial charge in [-0.3, -0.25) is 4.79 Å². The zero-order valence-electron chi connectivity index (χ0n) is 29.5. The third kappa shape index (κ3) is 21.6. The monoisotopic (exact) mass is 622 g/mol. The van der Waals surface area contributed by atoms with E-state index in [0.717, 1.165) is 38.5 Å². The van der Waals surface area contributed by atoms with Crippen LogP contribution in [0.2, 0.25) is 0 Å². The molecule has 2 atom stereocenters. The minimum absolute atomic E-state index is 0.0293. The Kier molecular flexibility index (Phi) is 27.3. The predicted octanol–water partition coefficient (Wildman–Crippen LogP) is 11.4. The first-order chi connectivity index (χ1) is 21.5. The van der Waals surface area contributed by atoms with Crippen molar-refractivity contribution < 1.29 is 19.8 Å². The van der Waals surface area contributed by atoms with Crippen LogP contribution in [0, 0.1) is 5.92 Å². The molecule has 0 aliphatic carbocycles. The largest absolute Gasteiger partial charge is 0.480 e. The summed E-state index contributed by atoms with van der Waals surface area (Å²) in [5.41, 5.74) is 0. The Morgan fingerprint density at radius 1 is 0.545 bits per heavy atom. The van der Waals surface area contributed by atoms with Gasteiger partial charge in [0.2, 0.25) is 5.91 Å². The smallest absolute Gasteiger partial charge is 0.326 e. The van der Waals surface area contributed by atoms with Gasteiger partial charge in [0, 0.05) is 18.9 Å². The minimum Gasteiger partial charge on any atom is -0.480 e. The molecule has 260 valence electrons. The standard InChI is InChI=1S/C39H75NO4/c1-3-5-7-9-11-13-15-17-19-21-23-25-27-29-31-35(38(42)40-34-36(41)33-37(40)39(43)44)32-30-28-26-24-22-20-18-16-14-12-10-8-6-4-2/h35-37,41H,3-34H2,1-2H3,(H,43,44)/t36-,37+/m1/s1. The highest BCUT2D eigenvalue weighted by Crippen LogP contribution is 2.27. The van der Waals surface area contributed by atoms with E-state index in [1.165, 1.54) is 159 Å². The second-order valence-corrected chi connectivity index (χ2v) is 14.2. The van der Waals surface area contributed by atoms with E-state index in [9.17, 15) is 19.8 Å². The number of hydrogen-bond acceptors (Lipinski definition) is 3. The lowest BCUT2D eigenvalue weighted by Crippen LogP contribution is -2.43. The number of β-amino-alcohol motifs (C(OH)–C–C–N with tert-alkyl or cyclic N) is 1. The lowest BCUT2D eigenvalue weighted by atomic mass is 9.92. The molecule has 0 saturated carbocycles. The number of carbonyl (C=O) groups excluding carboxylic acids is 1. The van der Waals surface area contributed by atoms with Crippen LogP contribution in [0.3, 0.4) is 0 Å². The van der Waals surface area contributed by atoms with E-state index in [1.807, 2.05) is 0 Å². The topological polar surface area (TPSA) is 77.8 Å². The van der Waals surface area contributed by atoms with Crippen LogP contribution in [-0.2, 0) is 9.59 Å². The Bertz CT molecular complexity index is 637. The molecular formula is C39H75NO4. The fourth-order valence-corrected chi connectivity index (χ4v) is 7.09. The maximum atomic E-state index is 13.5. The molecule has 5 nitrogen and oxygen atoms in total. The third-order valence-electron chi connectivity index (χ3n) is 10.0. The van der Waals surface area contributed by atoms with Crippen LogP contribution in [-0.4, -0.2) is 45.7 Å². The minimum atomic E-state index is -0.985. The van der Waals surface area contributed by atoms with Crippen molar-refractivity contribution in [2.45, 2.75) is 225 Å². The highest BCUT2D eigenvalue weighted by molar-refractivity contribution is 5.85. The Morgan fingerprint density at radius 2 is 0.841 bits per heavy atom. The summed E-state index contributed by atoms with van der Waals surface area (Å²) in [7, 11) is 0. The van der Waals surface area contributed by atoms with Gasteiger partial charge in [0.1, 0.15) is 6.04 Å². The molecule has 1 saturated heterocycles. The van der Waals surface area contributed by atoms with Gasteiger partial charge in [-0.15, -0.1) is 0 Å². The van der Waals surface area contributed by atoms with E-state index in [-0.39, 0.29) is 24.8 Å². The second-order valence-electron chi connectivity index (χ2n) is 14.2. The molecule has 0 spiro atoms. The number of carbonyl (C=O) groups is 2. The van der Waals surface area contributed by atoms with Crippen molar-refractivity contribution in [1.82, 2.24) is 4.90 Å². The molecule has 1 heterocycles. The van der Waals surface area contributed by atoms with Crippen LogP contribution in [0.1, 0.15) is 213 Å². The molecule has 2 N–H and O–H groups in total. The summed E-state index contributed by atoms with van der Waals surface area (Å²) in [5, 5.41) is 19.8. The van der Waals surface area contributed by atoms with Crippen LogP contribution >= 0.6 is 0 Å². The number of likely N-dealkylation sites (tertiary alicyclic amines) is 1. The average Bonchev–Trinajstić information content (AvgIpc) is 3.42. The van der Waals surface area contributed by atoms with E-state index < -0.39 is 18.1 Å². The fourth-order valence-electron chi connectivity index (χ4n) is 7.09. The first-order valence-corrected chi connectivity index (χ1v) is 19.7. The molecule has 1 amide bonds. The number of hydrogen-bond donors (Lipinski definition) is 2. The molecule has 0 bridgehead atoms. The van der Waals surface area contributed by atoms with Gasteiger partial charge in [0.15, 0.2) is 0 Å². The van der Waals surface area contributed by atoms with E-state index in [1.54, 1.807) is 0 Å². The van der Waals surface area contributed by atoms with Crippen LogP contribution in [0.5, 0.6) is 0 Å². The molecule has 1 rings (SSSR count). The van der Waals surface area contributed by atoms with Crippen molar-refractivity contribution in [3.05, 3.63) is 0 Å². The average molecular weight is 622 g/mol. The summed E-state index contributed by atoms with van der Waals surface area (Å²) >= 11 is 0. The molecule has 0 aromatic rings. The fraction of sp³-hybridized carbons (Fsp3) is 0.949. The zero-order chi connectivity index (χ0) is 32.1. The first kappa shape index (κ1) is 40.9. The third-order valence-corrected chi connectivity index (χ3v) is 10.0. The summed E-state index contributed by atoms with van der Waals surface area (Å²) < 4.78 is 0. The molecule has 0 radical (unpaired) electrons. The number of aliphatic carboxylic acids is 1. The number of unbranched alkanes of at least 4 members (excludes halogenated alkanes) is 26. The van der Waals surface area contributed by atoms with Gasteiger partial charge in [0.05, 0.1) is 6.10 Å². The molecule has 44 heavy (non-hydrogen) atoms. The highest BCUT2D eigenvalue weighted by Gasteiger charge is 2.40. The summed E-state index contributed by atoms with van der Waals surface area (Å²) in [4.78, 5) is 26.7. The Labute approximate surface area is 273 Å². The molecule has 1 aliphatic rings. The quantitative estimate of drug-likeness (QED) is 0.0732.